The van der Waals surface area contributed by atoms with Crippen molar-refractivity contribution in [2.24, 2.45) is 0 Å². The number of hydrogen-bond donors (Lipinski definition) is 1. The van der Waals surface area contributed by atoms with Crippen molar-refractivity contribution in [2.45, 2.75) is 38.5 Å². The zero-order valence-corrected chi connectivity index (χ0v) is 22.7. The fourth-order valence-electron chi connectivity index (χ4n) is 6.08. The number of carbonyl (C=O) groups is 3. The molecule has 0 spiro atoms. The van der Waals surface area contributed by atoms with Crippen molar-refractivity contribution in [1.29, 1.82) is 0 Å². The highest BCUT2D eigenvalue weighted by Crippen LogP contribution is 2.32. The van der Waals surface area contributed by atoms with Gasteiger partial charge in [-0.25, -0.2) is 4.79 Å². The minimum Gasteiger partial charge on any atom is -0.464 e. The molecule has 2 atom stereocenters. The quantitative estimate of drug-likeness (QED) is 0.384. The molecule has 0 unspecified atom stereocenters. The molecule has 206 valence electrons. The highest BCUT2D eigenvalue weighted by molar-refractivity contribution is 5.92. The third-order valence-corrected chi connectivity index (χ3v) is 7.95. The van der Waals surface area contributed by atoms with E-state index in [1.165, 1.54) is 0 Å². The van der Waals surface area contributed by atoms with Crippen molar-refractivity contribution >= 4 is 39.6 Å². The summed E-state index contributed by atoms with van der Waals surface area (Å²) in [5.74, 6) is -0.240. The van der Waals surface area contributed by atoms with Crippen LogP contribution in [0.2, 0.25) is 0 Å². The average Bonchev–Trinajstić information content (AvgIpc) is 3.57. The van der Waals surface area contributed by atoms with E-state index in [2.05, 4.69) is 29.6 Å². The van der Waals surface area contributed by atoms with Gasteiger partial charge in [-0.2, -0.15) is 5.01 Å². The van der Waals surface area contributed by atoms with Crippen LogP contribution in [-0.4, -0.2) is 76.6 Å². The van der Waals surface area contributed by atoms with Crippen molar-refractivity contribution in [3.05, 3.63) is 84.1 Å². The highest BCUT2D eigenvalue weighted by atomic mass is 16.3. The number of piperazine rings is 1. The van der Waals surface area contributed by atoms with Crippen molar-refractivity contribution in [2.75, 3.05) is 26.7 Å². The number of amides is 4. The molecule has 4 amide bonds. The second-order valence-corrected chi connectivity index (χ2v) is 10.4. The summed E-state index contributed by atoms with van der Waals surface area (Å²) in [5.41, 5.74) is 2.77. The minimum absolute atomic E-state index is 0.0464. The first-order valence-electron chi connectivity index (χ1n) is 13.8. The van der Waals surface area contributed by atoms with E-state index in [0.29, 0.717) is 26.1 Å². The monoisotopic (exact) mass is 539 g/mol. The third kappa shape index (κ3) is 4.56. The van der Waals surface area contributed by atoms with Crippen LogP contribution in [0, 0.1) is 0 Å². The Morgan fingerprint density at radius 2 is 1.88 bits per heavy atom. The van der Waals surface area contributed by atoms with Gasteiger partial charge in [0.15, 0.2) is 0 Å². The van der Waals surface area contributed by atoms with Crippen LogP contribution in [0.4, 0.5) is 4.79 Å². The number of urea groups is 1. The fourth-order valence-corrected chi connectivity index (χ4v) is 6.08. The van der Waals surface area contributed by atoms with Gasteiger partial charge in [0, 0.05) is 31.9 Å². The van der Waals surface area contributed by atoms with Gasteiger partial charge >= 0.3 is 6.03 Å². The number of furan rings is 1. The average molecular weight is 540 g/mol. The molecule has 40 heavy (non-hydrogen) atoms. The second kappa shape index (κ2) is 10.7. The van der Waals surface area contributed by atoms with E-state index >= 15 is 0 Å². The maximum atomic E-state index is 14.2. The molecular weight excluding hydrogens is 506 g/mol. The lowest BCUT2D eigenvalue weighted by Gasteiger charge is -2.46. The van der Waals surface area contributed by atoms with Crippen LogP contribution < -0.4 is 5.32 Å². The largest absolute Gasteiger partial charge is 0.464 e. The summed E-state index contributed by atoms with van der Waals surface area (Å²) in [6.45, 7) is 3.23. The van der Waals surface area contributed by atoms with Gasteiger partial charge in [-0.15, -0.1) is 0 Å². The third-order valence-electron chi connectivity index (χ3n) is 7.95. The normalized spacial score (nSPS) is 19.4. The van der Waals surface area contributed by atoms with Crippen LogP contribution in [0.5, 0.6) is 0 Å². The van der Waals surface area contributed by atoms with Gasteiger partial charge < -0.3 is 19.5 Å². The van der Waals surface area contributed by atoms with Gasteiger partial charge in [0.05, 0.1) is 19.4 Å². The van der Waals surface area contributed by atoms with E-state index in [1.807, 2.05) is 59.3 Å². The van der Waals surface area contributed by atoms with Crippen LogP contribution in [0.3, 0.4) is 0 Å². The first-order valence-corrected chi connectivity index (χ1v) is 13.8. The predicted octanol–water partition coefficient (Wildman–Crippen LogP) is 3.98. The van der Waals surface area contributed by atoms with E-state index in [0.717, 1.165) is 39.3 Å². The summed E-state index contributed by atoms with van der Waals surface area (Å²) >= 11 is 0. The van der Waals surface area contributed by atoms with Crippen LogP contribution >= 0.6 is 0 Å². The van der Waals surface area contributed by atoms with Crippen LogP contribution in [0.1, 0.15) is 24.5 Å². The van der Waals surface area contributed by atoms with Crippen LogP contribution in [0.25, 0.3) is 21.7 Å². The molecule has 1 aromatic heterocycles. The molecule has 3 heterocycles. The van der Waals surface area contributed by atoms with Gasteiger partial charge in [0.2, 0.25) is 11.8 Å². The summed E-state index contributed by atoms with van der Waals surface area (Å²) in [5, 5.41) is 9.32. The molecule has 1 N–H and O–H groups in total. The molecule has 3 aromatic carbocycles. The molecule has 2 fully saturated rings. The Bertz CT molecular complexity index is 1580. The zero-order valence-electron chi connectivity index (χ0n) is 22.7. The molecular formula is C31H33N5O4. The summed E-state index contributed by atoms with van der Waals surface area (Å²) in [6, 6.07) is 21.1. The Morgan fingerprint density at radius 3 is 2.70 bits per heavy atom. The second-order valence-electron chi connectivity index (χ2n) is 10.4. The maximum Gasteiger partial charge on any atom is 0.331 e. The Balaban J connectivity index is 1.38. The number of rotatable bonds is 7. The van der Waals surface area contributed by atoms with E-state index in [4.69, 9.17) is 4.42 Å². The highest BCUT2D eigenvalue weighted by Gasteiger charge is 2.52. The first kappa shape index (κ1) is 25.9. The van der Waals surface area contributed by atoms with E-state index < -0.39 is 12.2 Å². The van der Waals surface area contributed by atoms with E-state index in [-0.39, 0.29) is 24.4 Å². The van der Waals surface area contributed by atoms with E-state index in [1.54, 1.807) is 23.2 Å². The molecule has 6 rings (SSSR count). The molecule has 2 saturated heterocycles. The standard InChI is InChI=1S/C31H33N5O4/c1-3-14-34(31(39)32-2)35-20-29(37)36-26(17-21-11-12-27-23(16-21)13-15-40-27)30(38)33(19-28(35)36)18-24-9-6-8-22-7-4-5-10-25(22)24/h4-13,15-16,26,28H,3,14,17-20H2,1-2H3,(H,32,39)/t26-,28+/m0/s1. The lowest BCUT2D eigenvalue weighted by atomic mass is 9.98. The molecule has 0 aliphatic carbocycles. The van der Waals surface area contributed by atoms with Crippen molar-refractivity contribution in [3.8, 4) is 0 Å². The van der Waals surface area contributed by atoms with Gasteiger partial charge in [-0.1, -0.05) is 55.5 Å². The van der Waals surface area contributed by atoms with E-state index in [9.17, 15) is 14.4 Å². The molecule has 4 aromatic rings. The van der Waals surface area contributed by atoms with Gasteiger partial charge in [0.1, 0.15) is 17.8 Å². The fraction of sp³-hybridized carbons (Fsp3) is 0.323. The van der Waals surface area contributed by atoms with Gasteiger partial charge in [-0.05, 0) is 46.5 Å². The number of hydrazine groups is 1. The molecule has 0 radical (unpaired) electrons. The smallest absolute Gasteiger partial charge is 0.331 e. The van der Waals surface area contributed by atoms with Crippen molar-refractivity contribution in [3.63, 3.8) is 0 Å². The maximum absolute atomic E-state index is 14.2. The predicted molar refractivity (Wildman–Crippen MR) is 152 cm³/mol. The topological polar surface area (TPSA) is 89.3 Å². The Labute approximate surface area is 232 Å². The molecule has 2 aliphatic heterocycles. The number of carbonyl (C=O) groups excluding carboxylic acids is 3. The lowest BCUT2D eigenvalue weighted by molar-refractivity contribution is -0.157. The Kier molecular flexibility index (Phi) is 6.89. The Morgan fingerprint density at radius 1 is 1.05 bits per heavy atom. The first-order chi connectivity index (χ1) is 19.5. The summed E-state index contributed by atoms with van der Waals surface area (Å²) in [7, 11) is 1.59. The summed E-state index contributed by atoms with van der Waals surface area (Å²) in [6.07, 6.45) is 2.30. The van der Waals surface area contributed by atoms with Gasteiger partial charge in [-0.3, -0.25) is 14.6 Å². The molecule has 0 bridgehead atoms. The van der Waals surface area contributed by atoms with Crippen LogP contribution in [0.15, 0.2) is 77.4 Å². The zero-order chi connectivity index (χ0) is 27.8. The molecule has 2 aliphatic rings. The van der Waals surface area contributed by atoms with Crippen LogP contribution in [-0.2, 0) is 22.6 Å². The lowest BCUT2D eigenvalue weighted by Crippen LogP contribution is -2.66. The van der Waals surface area contributed by atoms with Crippen molar-refractivity contribution in [1.82, 2.24) is 25.1 Å². The molecule has 0 saturated carbocycles. The van der Waals surface area contributed by atoms with Crippen molar-refractivity contribution < 1.29 is 18.8 Å². The minimum atomic E-state index is -0.691. The summed E-state index contributed by atoms with van der Waals surface area (Å²) < 4.78 is 5.50. The number of nitrogens with one attached hydrogen (secondary N) is 1. The molecule has 9 nitrogen and oxygen atoms in total. The summed E-state index contributed by atoms with van der Waals surface area (Å²) in [4.78, 5) is 44.1. The Hall–Kier alpha value is -4.37. The SMILES string of the molecule is CCCN(C(=O)NC)N1CC(=O)N2[C@@H](Cc3ccc4occc4c3)C(=O)N(Cc3cccc4ccccc34)C[C@@H]21. The van der Waals surface area contributed by atoms with Gasteiger partial charge in [0.25, 0.3) is 0 Å². The number of nitrogens with zero attached hydrogens (tertiary/aromatic N) is 4. The number of hydrogen-bond acceptors (Lipinski definition) is 5. The number of benzene rings is 3. The number of fused-ring (bicyclic) bond motifs is 3. The molecule has 9 heteroatoms.